The Kier molecular flexibility index (Phi) is 6.25. The van der Waals surface area contributed by atoms with E-state index in [4.69, 9.17) is 0 Å². The van der Waals surface area contributed by atoms with Crippen molar-refractivity contribution in [3.05, 3.63) is 47.0 Å². The zero-order chi connectivity index (χ0) is 20.2. The fourth-order valence-corrected chi connectivity index (χ4v) is 5.02. The number of nitrogens with one attached hydrogen (secondary N) is 1. The molecule has 0 radical (unpaired) electrons. The van der Waals surface area contributed by atoms with Crippen molar-refractivity contribution in [1.29, 1.82) is 0 Å². The van der Waals surface area contributed by atoms with Gasteiger partial charge in [0.25, 0.3) is 5.91 Å². The molecule has 2 unspecified atom stereocenters. The molecule has 6 nitrogen and oxygen atoms in total. The highest BCUT2D eigenvalue weighted by atomic mass is 32.1. The number of carbonyl (C=O) groups excluding carboxylic acids is 2. The first-order valence-corrected chi connectivity index (χ1v) is 11.3. The van der Waals surface area contributed by atoms with Crippen LogP contribution < -0.4 is 5.32 Å². The van der Waals surface area contributed by atoms with E-state index in [2.05, 4.69) is 22.1 Å². The molecule has 0 saturated carbocycles. The van der Waals surface area contributed by atoms with Crippen molar-refractivity contribution >= 4 is 28.3 Å². The van der Waals surface area contributed by atoms with Crippen LogP contribution in [0.3, 0.4) is 0 Å². The third-order valence-corrected chi connectivity index (χ3v) is 6.55. The summed E-state index contributed by atoms with van der Waals surface area (Å²) < 4.78 is 0. The molecule has 2 aromatic rings. The fraction of sp³-hybridized carbons (Fsp3) is 0.500. The van der Waals surface area contributed by atoms with Crippen LogP contribution in [0.5, 0.6) is 0 Å². The van der Waals surface area contributed by atoms with Crippen molar-refractivity contribution in [2.24, 2.45) is 5.92 Å². The minimum Gasteiger partial charge on any atom is -0.327 e. The second-order valence-corrected chi connectivity index (χ2v) is 9.00. The van der Waals surface area contributed by atoms with Crippen LogP contribution in [0.1, 0.15) is 48.7 Å². The molecule has 3 heterocycles. The van der Waals surface area contributed by atoms with Crippen LogP contribution in [0.15, 0.2) is 35.7 Å². The summed E-state index contributed by atoms with van der Waals surface area (Å²) in [6, 6.07) is 8.74. The summed E-state index contributed by atoms with van der Waals surface area (Å²) in [6.45, 7) is 5.96. The lowest BCUT2D eigenvalue weighted by molar-refractivity contribution is -0.119. The zero-order valence-corrected chi connectivity index (χ0v) is 17.7. The van der Waals surface area contributed by atoms with Crippen molar-refractivity contribution in [2.45, 2.75) is 45.2 Å². The Balaban J connectivity index is 1.36. The molecule has 0 spiro atoms. The zero-order valence-electron chi connectivity index (χ0n) is 16.8. The number of thiazole rings is 1. The lowest BCUT2D eigenvalue weighted by Crippen LogP contribution is -2.43. The molecule has 2 amide bonds. The van der Waals surface area contributed by atoms with Crippen LogP contribution in [0.4, 0.5) is 5.13 Å². The van der Waals surface area contributed by atoms with Crippen LogP contribution in [0, 0.1) is 5.92 Å². The van der Waals surface area contributed by atoms with Gasteiger partial charge in [0.2, 0.25) is 5.91 Å². The monoisotopic (exact) mass is 412 g/mol. The summed E-state index contributed by atoms with van der Waals surface area (Å²) in [5.41, 5.74) is 1.63. The third-order valence-electron chi connectivity index (χ3n) is 5.75. The van der Waals surface area contributed by atoms with Crippen LogP contribution >= 0.6 is 11.3 Å². The lowest BCUT2D eigenvalue weighted by atomic mass is 10.0. The number of carbonyl (C=O) groups is 2. The molecule has 1 aromatic heterocycles. The Morgan fingerprint density at radius 2 is 1.97 bits per heavy atom. The molecule has 7 heteroatoms. The molecular formula is C22H28N4O2S. The van der Waals surface area contributed by atoms with E-state index in [9.17, 15) is 9.59 Å². The predicted octanol–water partition coefficient (Wildman–Crippen LogP) is 3.62. The number of hydrogen-bond donors (Lipinski definition) is 1. The summed E-state index contributed by atoms with van der Waals surface area (Å²) >= 11 is 1.46. The topological polar surface area (TPSA) is 65.5 Å². The summed E-state index contributed by atoms with van der Waals surface area (Å²) in [7, 11) is 0. The molecular weight excluding hydrogens is 384 g/mol. The molecule has 2 fully saturated rings. The molecule has 154 valence electrons. The smallest absolute Gasteiger partial charge is 0.254 e. The van der Waals surface area contributed by atoms with Crippen LogP contribution in [0.2, 0.25) is 0 Å². The Morgan fingerprint density at radius 1 is 1.17 bits per heavy atom. The van der Waals surface area contributed by atoms with Gasteiger partial charge in [0.1, 0.15) is 6.04 Å². The largest absolute Gasteiger partial charge is 0.327 e. The third kappa shape index (κ3) is 4.85. The maximum atomic E-state index is 12.9. The molecule has 0 bridgehead atoms. The number of piperidine rings is 1. The number of nitrogens with zero attached hydrogens (tertiary/aromatic N) is 3. The van der Waals surface area contributed by atoms with Gasteiger partial charge in [-0.25, -0.2) is 4.98 Å². The number of likely N-dealkylation sites (tertiary alicyclic amines) is 2. The molecule has 1 aromatic carbocycles. The number of anilines is 1. The molecule has 0 aliphatic carbocycles. The Hall–Kier alpha value is -2.25. The SMILES string of the molecule is CC1CCCN(Cc2csc(NC(=O)C3CCCN3C(=O)c3ccccc3)n2)C1. The van der Waals surface area contributed by atoms with Gasteiger partial charge in [-0.1, -0.05) is 25.1 Å². The second-order valence-electron chi connectivity index (χ2n) is 8.14. The van der Waals surface area contributed by atoms with Gasteiger partial charge in [-0.05, 0) is 50.3 Å². The lowest BCUT2D eigenvalue weighted by Gasteiger charge is -2.30. The highest BCUT2D eigenvalue weighted by Gasteiger charge is 2.34. The van der Waals surface area contributed by atoms with E-state index in [0.29, 0.717) is 23.7 Å². The van der Waals surface area contributed by atoms with Gasteiger partial charge in [0, 0.05) is 30.6 Å². The predicted molar refractivity (Wildman–Crippen MR) is 115 cm³/mol. The van der Waals surface area contributed by atoms with Gasteiger partial charge >= 0.3 is 0 Å². The normalized spacial score (nSPS) is 22.6. The standard InChI is InChI=1S/C22H28N4O2S/c1-16-7-5-11-25(13-16)14-18-15-29-22(23-18)24-20(27)19-10-6-12-26(19)21(28)17-8-3-2-4-9-17/h2-4,8-9,15-16,19H,5-7,10-14H2,1H3,(H,23,24,27). The van der Waals surface area contributed by atoms with Gasteiger partial charge in [0.15, 0.2) is 5.13 Å². The van der Waals surface area contributed by atoms with E-state index in [1.165, 1.54) is 24.2 Å². The van der Waals surface area contributed by atoms with Crippen LogP contribution in [0.25, 0.3) is 0 Å². The number of amides is 2. The summed E-state index contributed by atoms with van der Waals surface area (Å²) in [6.07, 6.45) is 4.07. The van der Waals surface area contributed by atoms with Gasteiger partial charge in [-0.3, -0.25) is 14.5 Å². The van der Waals surface area contributed by atoms with Gasteiger partial charge in [0.05, 0.1) is 5.69 Å². The molecule has 2 aliphatic heterocycles. The van der Waals surface area contributed by atoms with Gasteiger partial charge in [-0.2, -0.15) is 0 Å². The second kappa shape index (κ2) is 9.05. The number of hydrogen-bond acceptors (Lipinski definition) is 5. The molecule has 1 N–H and O–H groups in total. The van der Waals surface area contributed by atoms with E-state index >= 15 is 0 Å². The van der Waals surface area contributed by atoms with E-state index in [-0.39, 0.29) is 11.8 Å². The first-order valence-electron chi connectivity index (χ1n) is 10.4. The number of benzene rings is 1. The Bertz CT molecular complexity index is 854. The first-order chi connectivity index (χ1) is 14.1. The summed E-state index contributed by atoms with van der Waals surface area (Å²) in [4.78, 5) is 34.4. The molecule has 29 heavy (non-hydrogen) atoms. The Labute approximate surface area is 175 Å². The minimum atomic E-state index is -0.432. The summed E-state index contributed by atoms with van der Waals surface area (Å²) in [5, 5.41) is 5.59. The fourth-order valence-electron chi connectivity index (χ4n) is 4.31. The highest BCUT2D eigenvalue weighted by molar-refractivity contribution is 7.13. The van der Waals surface area contributed by atoms with Gasteiger partial charge < -0.3 is 10.2 Å². The molecule has 2 atom stereocenters. The average Bonchev–Trinajstić information content (AvgIpc) is 3.38. The maximum absolute atomic E-state index is 12.9. The van der Waals surface area contributed by atoms with Crippen LogP contribution in [-0.4, -0.2) is 52.3 Å². The first kappa shape index (κ1) is 20.0. The van der Waals surface area contributed by atoms with Crippen molar-refractivity contribution in [2.75, 3.05) is 25.0 Å². The summed E-state index contributed by atoms with van der Waals surface area (Å²) in [5.74, 6) is 0.513. The highest BCUT2D eigenvalue weighted by Crippen LogP contribution is 2.24. The van der Waals surface area contributed by atoms with Crippen molar-refractivity contribution in [3.8, 4) is 0 Å². The quantitative estimate of drug-likeness (QED) is 0.815. The number of rotatable bonds is 5. The number of aromatic nitrogens is 1. The maximum Gasteiger partial charge on any atom is 0.254 e. The van der Waals surface area contributed by atoms with Crippen molar-refractivity contribution in [3.63, 3.8) is 0 Å². The molecule has 4 rings (SSSR count). The van der Waals surface area contributed by atoms with Gasteiger partial charge in [-0.15, -0.1) is 11.3 Å². The van der Waals surface area contributed by atoms with E-state index in [1.807, 2.05) is 23.6 Å². The Morgan fingerprint density at radius 3 is 2.76 bits per heavy atom. The van der Waals surface area contributed by atoms with E-state index in [0.717, 1.165) is 37.7 Å². The average molecular weight is 413 g/mol. The van der Waals surface area contributed by atoms with Crippen molar-refractivity contribution in [1.82, 2.24) is 14.8 Å². The molecule has 2 saturated heterocycles. The minimum absolute atomic E-state index is 0.0812. The van der Waals surface area contributed by atoms with E-state index in [1.54, 1.807) is 17.0 Å². The van der Waals surface area contributed by atoms with Crippen molar-refractivity contribution < 1.29 is 9.59 Å². The van der Waals surface area contributed by atoms with E-state index < -0.39 is 6.04 Å². The molecule has 2 aliphatic rings. The van der Waals surface area contributed by atoms with Crippen LogP contribution in [-0.2, 0) is 11.3 Å².